The molecule has 18 atom stereocenters. The number of rotatable bonds is 24. The third kappa shape index (κ3) is 12.5. The van der Waals surface area contributed by atoms with Gasteiger partial charge in [0.05, 0.1) is 48.8 Å². The van der Waals surface area contributed by atoms with Crippen LogP contribution in [-0.4, -0.2) is 126 Å². The Kier molecular flexibility index (Phi) is 18.2. The van der Waals surface area contributed by atoms with Crippen LogP contribution in [0.4, 0.5) is 0 Å². The molecule has 8 saturated heterocycles. The third-order valence-corrected chi connectivity index (χ3v) is 27.5. The van der Waals surface area contributed by atoms with E-state index in [0.29, 0.717) is 63.4 Å². The number of halogens is 1. The molecule has 384 valence electrons. The predicted octanol–water partition coefficient (Wildman–Crippen LogP) is 11.4. The van der Waals surface area contributed by atoms with Gasteiger partial charge in [-0.05, 0) is 115 Å². The largest absolute Gasteiger partial charge is 0.417 e. The van der Waals surface area contributed by atoms with Crippen LogP contribution in [0.2, 0.25) is 36.3 Å². The molecule has 8 rings (SSSR count). The molecule has 0 saturated carbocycles. The van der Waals surface area contributed by atoms with E-state index >= 15 is 0 Å². The number of carbonyl (C=O) groups is 1. The number of Topliss-reactive ketones (excluding diaryl/α,β-unsaturated/α-hetero) is 1. The fourth-order valence-corrected chi connectivity index (χ4v) is 16.6. The lowest BCUT2D eigenvalue weighted by Gasteiger charge is -2.47. The van der Waals surface area contributed by atoms with Gasteiger partial charge in [0.15, 0.2) is 22.4 Å². The van der Waals surface area contributed by atoms with Crippen molar-refractivity contribution < 1.29 is 51.9 Å². The van der Waals surface area contributed by atoms with Gasteiger partial charge in [0.1, 0.15) is 36.3 Å². The Bertz CT molecular complexity index is 1680. The summed E-state index contributed by atoms with van der Waals surface area (Å²) in [6.07, 6.45) is 6.41. The van der Waals surface area contributed by atoms with Gasteiger partial charge in [-0.2, -0.15) is 0 Å². The molecule has 0 aromatic carbocycles. The Morgan fingerprint density at radius 2 is 1.58 bits per heavy atom. The topological polar surface area (TPSA) is 120 Å². The van der Waals surface area contributed by atoms with Gasteiger partial charge in [0.2, 0.25) is 0 Å². The molecule has 8 heterocycles. The van der Waals surface area contributed by atoms with Gasteiger partial charge in [0.25, 0.3) is 0 Å². The van der Waals surface area contributed by atoms with E-state index in [2.05, 4.69) is 104 Å². The van der Waals surface area contributed by atoms with Gasteiger partial charge < -0.3 is 47.1 Å². The minimum absolute atomic E-state index is 0.0185. The van der Waals surface area contributed by atoms with Crippen molar-refractivity contribution in [3.05, 3.63) is 23.2 Å². The van der Waals surface area contributed by atoms with Crippen LogP contribution in [0, 0.1) is 23.7 Å². The number of aliphatic hydroxyl groups is 1. The number of ether oxygens (including phenoxy) is 7. The van der Waals surface area contributed by atoms with E-state index in [-0.39, 0.29) is 95.9 Å². The zero-order chi connectivity index (χ0) is 48.6. The van der Waals surface area contributed by atoms with Gasteiger partial charge in [-0.15, -0.1) is 0 Å². The summed E-state index contributed by atoms with van der Waals surface area (Å²) in [5.74, 6) is 0.249. The fourth-order valence-electron chi connectivity index (χ4n) is 12.4. The lowest BCUT2D eigenvalue weighted by molar-refractivity contribution is -0.292. The summed E-state index contributed by atoms with van der Waals surface area (Å²) in [6, 6.07) is 3.50. The lowest BCUT2D eigenvalue weighted by atomic mass is 9.78. The molecule has 6 bridgehead atoms. The molecular formula is C53H91BrO11Si2. The molecule has 8 aliphatic heterocycles. The molecule has 0 spiro atoms. The number of carbonyl (C=O) groups excluding carboxylic acids is 1. The van der Waals surface area contributed by atoms with E-state index in [0.717, 1.165) is 55.2 Å². The molecule has 1 N–H and O–H groups in total. The second-order valence-corrected chi connectivity index (χ2v) is 34.5. The summed E-state index contributed by atoms with van der Waals surface area (Å²) >= 11 is 3.39. The second kappa shape index (κ2) is 22.4. The fraction of sp³-hybridized carbons (Fsp3) is 0.906. The maximum Gasteiger partial charge on any atom is 0.191 e. The van der Waals surface area contributed by atoms with Crippen LogP contribution < -0.4 is 0 Å². The highest BCUT2D eigenvalue weighted by molar-refractivity contribution is 9.11. The molecule has 0 aromatic rings. The highest BCUT2D eigenvalue weighted by Gasteiger charge is 2.68. The molecule has 8 aliphatic rings. The summed E-state index contributed by atoms with van der Waals surface area (Å²) in [5, 5.41) is 10.9. The Hall–Kier alpha value is -0.336. The first-order chi connectivity index (χ1) is 31.6. The Morgan fingerprint density at radius 1 is 0.896 bits per heavy atom. The summed E-state index contributed by atoms with van der Waals surface area (Å²) in [7, 11) is -3.53. The van der Waals surface area contributed by atoms with Gasteiger partial charge >= 0.3 is 0 Å². The van der Waals surface area contributed by atoms with E-state index in [9.17, 15) is 9.90 Å². The van der Waals surface area contributed by atoms with Crippen molar-refractivity contribution in [3.63, 3.8) is 0 Å². The van der Waals surface area contributed by atoms with Crippen molar-refractivity contribution >= 4 is 38.3 Å². The minimum Gasteiger partial charge on any atom is -0.417 e. The molecule has 2 unspecified atom stereocenters. The molecule has 14 heteroatoms. The van der Waals surface area contributed by atoms with Crippen LogP contribution in [0.15, 0.2) is 23.2 Å². The van der Waals surface area contributed by atoms with Crippen molar-refractivity contribution in [2.45, 2.75) is 267 Å². The first-order valence-corrected chi connectivity index (χ1v) is 32.9. The molecular weight excluding hydrogens is 949 g/mol. The first kappa shape index (κ1) is 54.4. The smallest absolute Gasteiger partial charge is 0.191 e. The van der Waals surface area contributed by atoms with E-state index < -0.39 is 28.5 Å². The lowest BCUT2D eigenvalue weighted by Crippen LogP contribution is -2.61. The van der Waals surface area contributed by atoms with E-state index in [1.54, 1.807) is 0 Å². The van der Waals surface area contributed by atoms with E-state index in [1.165, 1.54) is 18.1 Å². The Morgan fingerprint density at radius 3 is 2.27 bits per heavy atom. The maximum atomic E-state index is 14.5. The normalized spacial score (nSPS) is 39.4. The van der Waals surface area contributed by atoms with Crippen LogP contribution in [0.5, 0.6) is 0 Å². The van der Waals surface area contributed by atoms with Gasteiger partial charge in [-0.3, -0.25) is 4.79 Å². The molecule has 0 aromatic heterocycles. The Labute approximate surface area is 415 Å². The van der Waals surface area contributed by atoms with Crippen molar-refractivity contribution in [2.75, 3.05) is 13.2 Å². The van der Waals surface area contributed by atoms with E-state index in [4.69, 9.17) is 42.0 Å². The van der Waals surface area contributed by atoms with Crippen LogP contribution in [0.1, 0.15) is 146 Å². The monoisotopic (exact) mass is 1040 g/mol. The van der Waals surface area contributed by atoms with E-state index in [1.807, 2.05) is 0 Å². The number of hydrogen-bond donors (Lipinski definition) is 1. The predicted molar refractivity (Wildman–Crippen MR) is 271 cm³/mol. The van der Waals surface area contributed by atoms with Gasteiger partial charge in [-0.25, -0.2) is 0 Å². The molecule has 8 fully saturated rings. The molecule has 0 aliphatic carbocycles. The van der Waals surface area contributed by atoms with Crippen molar-refractivity contribution in [2.24, 2.45) is 23.7 Å². The van der Waals surface area contributed by atoms with Crippen molar-refractivity contribution in [1.29, 1.82) is 0 Å². The summed E-state index contributed by atoms with van der Waals surface area (Å²) < 4.78 is 62.0. The summed E-state index contributed by atoms with van der Waals surface area (Å²) in [4.78, 5) is 14.5. The maximum absolute atomic E-state index is 14.5. The van der Waals surface area contributed by atoms with Crippen LogP contribution in [-0.2, 0) is 46.8 Å². The number of aliphatic hydroxyl groups excluding tert-OH is 1. The molecule has 0 radical (unpaired) electrons. The SMILES string of the molecule is C=C(Br)C[C@H](O)CC[C@@]12C[C@H]3O[C@H]4[C@@H](O1)[C@H]1O[C@@H](CC(=O)CC5[C@H](CC6O[C@@H](CCCO[Si](CC)(CC)CC)C[C@@H](C)C6=C)O[C@H](C[C@H](C)CO[Si](C)(C)C(C)(C)C)[C@@H]5C)CC[C@@H]1O[C@H]4[C@H]3O2. The number of fused-ring (bicyclic) bond motifs is 1. The minimum atomic E-state index is -1.90. The summed E-state index contributed by atoms with van der Waals surface area (Å²) in [5.41, 5.74) is 1.15. The highest BCUT2D eigenvalue weighted by Crippen LogP contribution is 2.54. The number of ketones is 1. The van der Waals surface area contributed by atoms with Crippen LogP contribution >= 0.6 is 15.9 Å². The first-order valence-electron chi connectivity index (χ1n) is 26.7. The van der Waals surface area contributed by atoms with Crippen molar-refractivity contribution in [3.8, 4) is 0 Å². The molecule has 11 nitrogen and oxygen atoms in total. The molecule has 67 heavy (non-hydrogen) atoms. The van der Waals surface area contributed by atoms with Crippen molar-refractivity contribution in [1.82, 2.24) is 0 Å². The Balaban J connectivity index is 1.00. The zero-order valence-corrected chi connectivity index (χ0v) is 47.0. The van der Waals surface area contributed by atoms with Gasteiger partial charge in [0, 0.05) is 51.7 Å². The van der Waals surface area contributed by atoms with Crippen LogP contribution in [0.3, 0.4) is 0 Å². The standard InChI is InChI=1S/C53H91BrO11Si2/c1-14-67(15-2,16-3)57-23-17-18-39-25-33(5)35(7)44(59-39)29-45-41(36(8)43(61-45)24-32(4)31-58-66(12,13)52(9,10)11)28-38(56)27-40-19-20-42-47(60-40)51-50-49(62-42)48-46(63-50)30-53(64-48,65-51)22-21-37(55)26-34(6)54/h32-33,36-37,39-51,55H,6-7,14-31H2,1-5,8-13H3/t32-,33+,36+,37+,39-,40+,41?,42-,43+,44?,45-,46+,47-,48-,49-,50+,51-,53-/m0/s1. The van der Waals surface area contributed by atoms with Crippen LogP contribution in [0.25, 0.3) is 0 Å². The number of hydrogen-bond acceptors (Lipinski definition) is 11. The average Bonchev–Trinajstić information content (AvgIpc) is 3.81. The second-order valence-electron chi connectivity index (χ2n) is 23.8. The third-order valence-electron chi connectivity index (χ3n) is 18.0. The average molecular weight is 1040 g/mol. The summed E-state index contributed by atoms with van der Waals surface area (Å²) in [6.45, 7) is 35.3. The van der Waals surface area contributed by atoms with Gasteiger partial charge in [-0.1, -0.05) is 91.4 Å². The highest BCUT2D eigenvalue weighted by atomic mass is 79.9. The molecule has 0 amide bonds. The zero-order valence-electron chi connectivity index (χ0n) is 43.4. The quantitative estimate of drug-likeness (QED) is 0.0565.